The molecule has 0 bridgehead atoms. The predicted octanol–water partition coefficient (Wildman–Crippen LogP) is 4.55. The molecule has 4 rings (SSSR count). The van der Waals surface area contributed by atoms with Gasteiger partial charge in [-0.15, -0.1) is 0 Å². The highest BCUT2D eigenvalue weighted by atomic mass is 35.5. The van der Waals surface area contributed by atoms with Gasteiger partial charge in [-0.3, -0.25) is 9.59 Å². The van der Waals surface area contributed by atoms with Crippen LogP contribution in [0, 0.1) is 0 Å². The predicted molar refractivity (Wildman–Crippen MR) is 145 cm³/mol. The van der Waals surface area contributed by atoms with Gasteiger partial charge in [0.1, 0.15) is 0 Å². The first-order valence-electron chi connectivity index (χ1n) is 11.8. The normalized spacial score (nSPS) is 23.1. The first-order chi connectivity index (χ1) is 17.5. The zero-order valence-electron chi connectivity index (χ0n) is 19.7. The summed E-state index contributed by atoms with van der Waals surface area (Å²) < 4.78 is 28.6. The smallest absolute Gasteiger partial charge is 0.259 e. The van der Waals surface area contributed by atoms with Gasteiger partial charge < -0.3 is 16.0 Å². The number of halogens is 4. The van der Waals surface area contributed by atoms with Crippen molar-refractivity contribution in [1.82, 2.24) is 14.5 Å². The van der Waals surface area contributed by atoms with Crippen LogP contribution < -0.4 is 11.1 Å². The second-order valence-corrected chi connectivity index (χ2v) is 12.7. The van der Waals surface area contributed by atoms with Crippen molar-refractivity contribution in [2.45, 2.75) is 55.2 Å². The van der Waals surface area contributed by atoms with Gasteiger partial charge in [0.25, 0.3) is 11.8 Å². The number of carbonyl (C=O) groups is 2. The lowest BCUT2D eigenvalue weighted by Crippen LogP contribution is -2.64. The average molecular weight is 608 g/mol. The maximum atomic E-state index is 13.8. The Labute approximate surface area is 236 Å². The van der Waals surface area contributed by atoms with Crippen molar-refractivity contribution in [2.75, 3.05) is 13.1 Å². The van der Waals surface area contributed by atoms with E-state index in [-0.39, 0.29) is 50.7 Å². The molecule has 2 fully saturated rings. The Hall–Kier alpha value is -1.59. The van der Waals surface area contributed by atoms with Gasteiger partial charge in [0, 0.05) is 30.2 Å². The average Bonchev–Trinajstić information content (AvgIpc) is 2.86. The Balaban J connectivity index is 1.72. The number of benzene rings is 2. The third kappa shape index (κ3) is 6.19. The van der Waals surface area contributed by atoms with Crippen molar-refractivity contribution in [2.24, 2.45) is 5.73 Å². The molecule has 2 amide bonds. The van der Waals surface area contributed by atoms with E-state index in [0.717, 1.165) is 17.1 Å². The van der Waals surface area contributed by atoms with Crippen molar-refractivity contribution in [3.8, 4) is 0 Å². The van der Waals surface area contributed by atoms with Gasteiger partial charge in [-0.05, 0) is 68.5 Å². The van der Waals surface area contributed by atoms with E-state index >= 15 is 0 Å². The number of amides is 2. The molecule has 2 aromatic rings. The number of sulfonamides is 1. The molecule has 1 atom stereocenters. The third-order valence-electron chi connectivity index (χ3n) is 6.62. The molecule has 1 unspecified atom stereocenters. The lowest BCUT2D eigenvalue weighted by atomic mass is 9.92. The van der Waals surface area contributed by atoms with Gasteiger partial charge in [0.05, 0.1) is 25.5 Å². The Bertz CT molecular complexity index is 1300. The van der Waals surface area contributed by atoms with E-state index in [9.17, 15) is 18.0 Å². The molecule has 8 nitrogen and oxygen atoms in total. The molecule has 0 spiro atoms. The van der Waals surface area contributed by atoms with Crippen LogP contribution in [0.4, 0.5) is 0 Å². The molecule has 1 aliphatic carbocycles. The van der Waals surface area contributed by atoms with Gasteiger partial charge in [-0.25, -0.2) is 8.42 Å². The number of hydrogen-bond acceptors (Lipinski definition) is 5. The number of nitrogens with one attached hydrogen (secondary N) is 1. The van der Waals surface area contributed by atoms with Crippen LogP contribution in [0.2, 0.25) is 20.1 Å². The van der Waals surface area contributed by atoms with E-state index < -0.39 is 28.0 Å². The molecular formula is C24H26Cl4N4O4S. The molecular weight excluding hydrogens is 582 g/mol. The summed E-state index contributed by atoms with van der Waals surface area (Å²) in [4.78, 5) is 28.4. The number of rotatable bonds is 5. The molecule has 37 heavy (non-hydrogen) atoms. The Morgan fingerprint density at radius 3 is 2.24 bits per heavy atom. The van der Waals surface area contributed by atoms with E-state index in [2.05, 4.69) is 5.32 Å². The molecule has 1 saturated carbocycles. The second-order valence-electron chi connectivity index (χ2n) is 9.16. The first-order valence-corrected chi connectivity index (χ1v) is 14.7. The molecule has 0 radical (unpaired) electrons. The summed E-state index contributed by atoms with van der Waals surface area (Å²) in [5.41, 5.74) is 6.10. The van der Waals surface area contributed by atoms with Crippen LogP contribution in [-0.4, -0.2) is 60.8 Å². The van der Waals surface area contributed by atoms with E-state index in [0.29, 0.717) is 24.3 Å². The minimum absolute atomic E-state index is 0.0222. The van der Waals surface area contributed by atoms with Crippen molar-refractivity contribution in [1.29, 1.82) is 0 Å². The molecule has 2 aromatic carbocycles. The van der Waals surface area contributed by atoms with Crippen LogP contribution >= 0.6 is 46.4 Å². The monoisotopic (exact) mass is 606 g/mol. The fraction of sp³-hybridized carbons (Fsp3) is 0.417. The molecule has 1 aliphatic heterocycles. The first kappa shape index (κ1) is 28.4. The largest absolute Gasteiger partial charge is 0.350 e. The maximum absolute atomic E-state index is 13.8. The topological polar surface area (TPSA) is 113 Å². The van der Waals surface area contributed by atoms with Crippen LogP contribution in [0.3, 0.4) is 0 Å². The quantitative estimate of drug-likeness (QED) is 0.518. The van der Waals surface area contributed by atoms with Gasteiger partial charge >= 0.3 is 0 Å². The second kappa shape index (κ2) is 11.7. The van der Waals surface area contributed by atoms with Crippen LogP contribution in [0.15, 0.2) is 41.3 Å². The fourth-order valence-corrected chi connectivity index (χ4v) is 7.13. The fourth-order valence-electron chi connectivity index (χ4n) is 4.66. The van der Waals surface area contributed by atoms with Crippen molar-refractivity contribution < 1.29 is 18.0 Å². The van der Waals surface area contributed by atoms with Crippen LogP contribution in [0.1, 0.15) is 42.5 Å². The highest BCUT2D eigenvalue weighted by molar-refractivity contribution is 7.89. The molecule has 2 aliphatic rings. The van der Waals surface area contributed by atoms with E-state index in [4.69, 9.17) is 52.1 Å². The molecule has 1 heterocycles. The maximum Gasteiger partial charge on any atom is 0.259 e. The zero-order chi connectivity index (χ0) is 26.9. The van der Waals surface area contributed by atoms with Gasteiger partial charge in [0.2, 0.25) is 10.0 Å². The highest BCUT2D eigenvalue weighted by Gasteiger charge is 2.45. The van der Waals surface area contributed by atoms with Gasteiger partial charge in [0.15, 0.2) is 6.17 Å². The minimum Gasteiger partial charge on any atom is -0.350 e. The van der Waals surface area contributed by atoms with Crippen molar-refractivity contribution >= 4 is 68.2 Å². The number of nitrogens with zero attached hydrogens (tertiary/aromatic N) is 2. The molecule has 13 heteroatoms. The molecule has 0 aromatic heterocycles. The van der Waals surface area contributed by atoms with E-state index in [1.54, 1.807) is 0 Å². The third-order valence-corrected chi connectivity index (χ3v) is 9.75. The highest BCUT2D eigenvalue weighted by Crippen LogP contribution is 2.31. The Morgan fingerprint density at radius 2 is 1.59 bits per heavy atom. The van der Waals surface area contributed by atoms with E-state index in [1.165, 1.54) is 41.3 Å². The standard InChI is InChI=1S/C24H26Cl4N4O4S/c25-14-2-8-18(20(27)12-14)24(34)31-10-1-11-32(37(35,36)17-7-9-19(26)21(28)13-17)23(31)22(33)30-16-5-3-15(29)4-6-16/h2,7-9,12-13,15-16,23H,1,3-6,10-11,29H2,(H,30,33). The molecule has 3 N–H and O–H groups in total. The van der Waals surface area contributed by atoms with Crippen LogP contribution in [0.5, 0.6) is 0 Å². The summed E-state index contributed by atoms with van der Waals surface area (Å²) in [7, 11) is -4.25. The number of hydrogen-bond donors (Lipinski definition) is 2. The minimum atomic E-state index is -4.25. The zero-order valence-corrected chi connectivity index (χ0v) is 23.5. The number of carbonyl (C=O) groups excluding carboxylic acids is 2. The number of nitrogens with two attached hydrogens (primary N) is 1. The lowest BCUT2D eigenvalue weighted by molar-refractivity contribution is -0.132. The molecule has 200 valence electrons. The summed E-state index contributed by atoms with van der Waals surface area (Å²) in [5.74, 6) is -1.18. The SMILES string of the molecule is NC1CCC(NC(=O)C2N(C(=O)c3ccc(Cl)cc3Cl)CCCN2S(=O)(=O)c2ccc(Cl)c(Cl)c2)CC1. The van der Waals surface area contributed by atoms with E-state index in [1.807, 2.05) is 0 Å². The molecule has 1 saturated heterocycles. The van der Waals surface area contributed by atoms with Crippen LogP contribution in [-0.2, 0) is 14.8 Å². The summed E-state index contributed by atoms with van der Waals surface area (Å²) in [6, 6.07) is 8.19. The summed E-state index contributed by atoms with van der Waals surface area (Å²) in [6.07, 6.45) is 1.67. The van der Waals surface area contributed by atoms with Crippen molar-refractivity contribution in [3.63, 3.8) is 0 Å². The Morgan fingerprint density at radius 1 is 0.892 bits per heavy atom. The lowest BCUT2D eigenvalue weighted by Gasteiger charge is -2.42. The van der Waals surface area contributed by atoms with Crippen LogP contribution in [0.25, 0.3) is 0 Å². The summed E-state index contributed by atoms with van der Waals surface area (Å²) in [5, 5.41) is 3.64. The Kier molecular flexibility index (Phi) is 8.95. The van der Waals surface area contributed by atoms with Gasteiger partial charge in [-0.1, -0.05) is 46.4 Å². The summed E-state index contributed by atoms with van der Waals surface area (Å²) >= 11 is 24.4. The summed E-state index contributed by atoms with van der Waals surface area (Å²) in [6.45, 7) is 0.174. The van der Waals surface area contributed by atoms with Gasteiger partial charge in [-0.2, -0.15) is 4.31 Å². The van der Waals surface area contributed by atoms with Crippen molar-refractivity contribution in [3.05, 3.63) is 62.1 Å².